The van der Waals surface area contributed by atoms with Gasteiger partial charge in [-0.15, -0.1) is 0 Å². The standard InChI is InChI=1S/C6H9N2O5P/c9-6(3-13-14(10,11)12)1-5-2-7-4-8-5/h1-2,4,6,9H,3H2,(H2,10,11,12)/b5-1-/t6-/m1/s1. The number of hydrogen-bond donors (Lipinski definition) is 3. The van der Waals surface area contributed by atoms with E-state index in [2.05, 4.69) is 14.5 Å². The second-order valence-corrected chi connectivity index (χ2v) is 3.71. The van der Waals surface area contributed by atoms with Gasteiger partial charge in [-0.3, -0.25) is 4.52 Å². The second-order valence-electron chi connectivity index (χ2n) is 2.47. The van der Waals surface area contributed by atoms with Crippen molar-refractivity contribution in [1.29, 1.82) is 0 Å². The molecule has 1 aliphatic heterocycles. The fourth-order valence-electron chi connectivity index (χ4n) is 0.748. The van der Waals surface area contributed by atoms with Gasteiger partial charge in [0.2, 0.25) is 0 Å². The van der Waals surface area contributed by atoms with E-state index in [1.807, 2.05) is 0 Å². The summed E-state index contributed by atoms with van der Waals surface area (Å²) < 4.78 is 14.3. The van der Waals surface area contributed by atoms with Crippen molar-refractivity contribution < 1.29 is 24.0 Å². The highest BCUT2D eigenvalue weighted by Gasteiger charge is 2.16. The SMILES string of the molecule is O=P(O)(O)OC[C@H](O)/C=C1/C=NC=N1. The fourth-order valence-corrected chi connectivity index (χ4v) is 1.09. The van der Waals surface area contributed by atoms with Crippen LogP contribution in [0, 0.1) is 0 Å². The van der Waals surface area contributed by atoms with E-state index in [1.54, 1.807) is 0 Å². The summed E-state index contributed by atoms with van der Waals surface area (Å²) in [6.07, 6.45) is 2.85. The summed E-state index contributed by atoms with van der Waals surface area (Å²) in [6.45, 7) is -0.489. The molecule has 7 nitrogen and oxygen atoms in total. The topological polar surface area (TPSA) is 112 Å². The van der Waals surface area contributed by atoms with E-state index in [4.69, 9.17) is 9.79 Å². The number of allylic oxidation sites excluding steroid dienone is 1. The zero-order chi connectivity index (χ0) is 10.6. The third-order valence-corrected chi connectivity index (χ3v) is 1.74. The molecule has 0 unspecified atom stereocenters. The zero-order valence-corrected chi connectivity index (χ0v) is 7.91. The molecular formula is C6H9N2O5P. The van der Waals surface area contributed by atoms with Gasteiger partial charge in [0.15, 0.2) is 0 Å². The molecule has 78 valence electrons. The molecule has 0 saturated heterocycles. The first kappa shape index (κ1) is 11.2. The van der Waals surface area contributed by atoms with Crippen LogP contribution in [0.4, 0.5) is 0 Å². The molecule has 0 aromatic carbocycles. The van der Waals surface area contributed by atoms with Crippen LogP contribution in [0.2, 0.25) is 0 Å². The summed E-state index contributed by atoms with van der Waals surface area (Å²) in [4.78, 5) is 24.0. The van der Waals surface area contributed by atoms with Crippen molar-refractivity contribution in [2.75, 3.05) is 6.61 Å². The molecule has 0 amide bonds. The lowest BCUT2D eigenvalue weighted by Crippen LogP contribution is -2.11. The van der Waals surface area contributed by atoms with Gasteiger partial charge in [0, 0.05) is 0 Å². The predicted molar refractivity (Wildman–Crippen MR) is 49.1 cm³/mol. The molecule has 0 aromatic rings. The molecule has 1 heterocycles. The van der Waals surface area contributed by atoms with E-state index >= 15 is 0 Å². The first-order chi connectivity index (χ1) is 6.47. The number of aliphatic hydroxyl groups excluding tert-OH is 1. The summed E-state index contributed by atoms with van der Waals surface area (Å²) >= 11 is 0. The molecule has 0 spiro atoms. The summed E-state index contributed by atoms with van der Waals surface area (Å²) in [5.41, 5.74) is 0.423. The maximum absolute atomic E-state index is 10.3. The first-order valence-electron chi connectivity index (χ1n) is 3.63. The van der Waals surface area contributed by atoms with Crippen LogP contribution in [-0.2, 0) is 9.09 Å². The van der Waals surface area contributed by atoms with Crippen molar-refractivity contribution in [1.82, 2.24) is 0 Å². The molecule has 3 N–H and O–H groups in total. The smallest absolute Gasteiger partial charge is 0.387 e. The molecular weight excluding hydrogens is 211 g/mol. The quantitative estimate of drug-likeness (QED) is 0.550. The number of rotatable bonds is 4. The Morgan fingerprint density at radius 2 is 2.36 bits per heavy atom. The Balaban J connectivity index is 2.40. The van der Waals surface area contributed by atoms with E-state index in [1.165, 1.54) is 18.6 Å². The molecule has 0 radical (unpaired) electrons. The Bertz CT molecular complexity index is 317. The maximum Gasteiger partial charge on any atom is 0.469 e. The van der Waals surface area contributed by atoms with Gasteiger partial charge in [-0.05, 0) is 6.08 Å². The average Bonchev–Trinajstić information content (AvgIpc) is 2.52. The van der Waals surface area contributed by atoms with Crippen molar-refractivity contribution in [3.05, 3.63) is 11.8 Å². The monoisotopic (exact) mass is 220 g/mol. The van der Waals surface area contributed by atoms with Crippen LogP contribution in [0.1, 0.15) is 0 Å². The summed E-state index contributed by atoms with van der Waals surface area (Å²) in [6, 6.07) is 0. The Kier molecular flexibility index (Phi) is 3.68. The molecule has 0 bridgehead atoms. The zero-order valence-electron chi connectivity index (χ0n) is 7.02. The number of phosphoric acid groups is 1. The molecule has 0 aliphatic carbocycles. The summed E-state index contributed by atoms with van der Waals surface area (Å²) in [7, 11) is -4.53. The average molecular weight is 220 g/mol. The second kappa shape index (κ2) is 4.59. The van der Waals surface area contributed by atoms with Crippen molar-refractivity contribution >= 4 is 20.4 Å². The normalized spacial score (nSPS) is 20.6. The molecule has 1 rings (SSSR count). The van der Waals surface area contributed by atoms with Crippen LogP contribution < -0.4 is 0 Å². The fraction of sp³-hybridized carbons (Fsp3) is 0.333. The van der Waals surface area contributed by atoms with E-state index in [0.717, 1.165) is 0 Å². The van der Waals surface area contributed by atoms with Crippen LogP contribution >= 0.6 is 7.82 Å². The minimum absolute atomic E-state index is 0.423. The lowest BCUT2D eigenvalue weighted by Gasteiger charge is -2.07. The Morgan fingerprint density at radius 1 is 1.64 bits per heavy atom. The third-order valence-electron chi connectivity index (χ3n) is 1.26. The number of aliphatic imine (C=N–C) groups is 2. The van der Waals surface area contributed by atoms with Gasteiger partial charge in [-0.2, -0.15) is 0 Å². The molecule has 14 heavy (non-hydrogen) atoms. The lowest BCUT2D eigenvalue weighted by molar-refractivity contribution is 0.113. The third kappa shape index (κ3) is 4.40. The van der Waals surface area contributed by atoms with Crippen molar-refractivity contribution in [3.8, 4) is 0 Å². The largest absolute Gasteiger partial charge is 0.469 e. The van der Waals surface area contributed by atoms with Crippen LogP contribution in [0.3, 0.4) is 0 Å². The minimum atomic E-state index is -4.53. The summed E-state index contributed by atoms with van der Waals surface area (Å²) in [5, 5.41) is 9.19. The van der Waals surface area contributed by atoms with Crippen LogP contribution in [0.25, 0.3) is 0 Å². The van der Waals surface area contributed by atoms with Crippen LogP contribution in [-0.4, -0.2) is 40.2 Å². The highest BCUT2D eigenvalue weighted by atomic mass is 31.2. The highest BCUT2D eigenvalue weighted by molar-refractivity contribution is 7.46. The number of aliphatic hydroxyl groups is 1. The van der Waals surface area contributed by atoms with Crippen LogP contribution in [0.15, 0.2) is 21.8 Å². The molecule has 0 fully saturated rings. The van der Waals surface area contributed by atoms with Gasteiger partial charge in [-0.25, -0.2) is 14.5 Å². The van der Waals surface area contributed by atoms with Crippen molar-refractivity contribution in [2.24, 2.45) is 9.98 Å². The maximum atomic E-state index is 10.3. The molecule has 1 atom stereocenters. The van der Waals surface area contributed by atoms with Gasteiger partial charge in [0.1, 0.15) is 6.34 Å². The van der Waals surface area contributed by atoms with Gasteiger partial charge >= 0.3 is 7.82 Å². The Morgan fingerprint density at radius 3 is 2.86 bits per heavy atom. The minimum Gasteiger partial charge on any atom is -0.387 e. The first-order valence-corrected chi connectivity index (χ1v) is 5.16. The van der Waals surface area contributed by atoms with Crippen LogP contribution in [0.5, 0.6) is 0 Å². The van der Waals surface area contributed by atoms with Gasteiger partial charge in [-0.1, -0.05) is 0 Å². The molecule has 0 aromatic heterocycles. The lowest BCUT2D eigenvalue weighted by atomic mass is 10.3. The van der Waals surface area contributed by atoms with E-state index < -0.39 is 20.5 Å². The highest BCUT2D eigenvalue weighted by Crippen LogP contribution is 2.35. The van der Waals surface area contributed by atoms with E-state index in [9.17, 15) is 9.67 Å². The van der Waals surface area contributed by atoms with Crippen molar-refractivity contribution in [3.63, 3.8) is 0 Å². The summed E-state index contributed by atoms with van der Waals surface area (Å²) in [5.74, 6) is 0. The predicted octanol–water partition coefficient (Wildman–Crippen LogP) is -0.547. The van der Waals surface area contributed by atoms with Gasteiger partial charge < -0.3 is 14.9 Å². The van der Waals surface area contributed by atoms with E-state index in [-0.39, 0.29) is 0 Å². The molecule has 1 aliphatic rings. The Labute approximate surface area is 79.7 Å². The van der Waals surface area contributed by atoms with Gasteiger partial charge in [0.25, 0.3) is 0 Å². The Hall–Kier alpha value is -0.850. The van der Waals surface area contributed by atoms with Crippen molar-refractivity contribution in [2.45, 2.75) is 6.10 Å². The molecule has 0 saturated carbocycles. The number of nitrogens with zero attached hydrogens (tertiary/aromatic N) is 2. The van der Waals surface area contributed by atoms with Gasteiger partial charge in [0.05, 0.1) is 24.6 Å². The van der Waals surface area contributed by atoms with E-state index in [0.29, 0.717) is 5.70 Å². The number of phosphoric ester groups is 1. The number of hydrogen-bond acceptors (Lipinski definition) is 5. The molecule has 8 heteroatoms.